The lowest BCUT2D eigenvalue weighted by atomic mass is 10.0. The van der Waals surface area contributed by atoms with Gasteiger partial charge >= 0.3 is 0 Å². The smallest absolute Gasteiger partial charge is 0.246 e. The molecule has 4 heterocycles. The molecule has 2 aliphatic rings. The maximum absolute atomic E-state index is 12.6. The highest BCUT2D eigenvalue weighted by Gasteiger charge is 2.30. The lowest BCUT2D eigenvalue weighted by Crippen LogP contribution is -2.38. The van der Waals surface area contributed by atoms with Gasteiger partial charge in [0.15, 0.2) is 0 Å². The van der Waals surface area contributed by atoms with Crippen LogP contribution in [0.1, 0.15) is 48.5 Å². The van der Waals surface area contributed by atoms with Crippen molar-refractivity contribution in [1.29, 1.82) is 0 Å². The summed E-state index contributed by atoms with van der Waals surface area (Å²) < 4.78 is 8.37. The molecule has 29 heavy (non-hydrogen) atoms. The van der Waals surface area contributed by atoms with Crippen LogP contribution in [0.15, 0.2) is 47.9 Å². The van der Waals surface area contributed by atoms with Crippen molar-refractivity contribution in [3.05, 3.63) is 58.6 Å². The molecule has 2 fully saturated rings. The number of hydrogen-bond acceptors (Lipinski definition) is 4. The summed E-state index contributed by atoms with van der Waals surface area (Å²) in [4.78, 5) is 20.6. The Kier molecular flexibility index (Phi) is 5.21. The second-order valence-electron chi connectivity index (χ2n) is 7.74. The molecule has 2 saturated heterocycles. The van der Waals surface area contributed by atoms with Crippen molar-refractivity contribution < 1.29 is 9.53 Å². The second kappa shape index (κ2) is 8.13. The molecular formula is C23H25N3O2S. The number of fused-ring (bicyclic) bond motifs is 1. The number of thiophene rings is 1. The molecule has 1 unspecified atom stereocenters. The van der Waals surface area contributed by atoms with Gasteiger partial charge in [-0.05, 0) is 55.3 Å². The Morgan fingerprint density at radius 3 is 2.76 bits per heavy atom. The number of benzene rings is 1. The second-order valence-corrected chi connectivity index (χ2v) is 8.71. The van der Waals surface area contributed by atoms with Crippen molar-refractivity contribution in [2.45, 2.75) is 37.8 Å². The number of nitrogens with zero attached hydrogens (tertiary/aromatic N) is 3. The van der Waals surface area contributed by atoms with Gasteiger partial charge in [-0.15, -0.1) is 11.3 Å². The Morgan fingerprint density at radius 2 is 2.00 bits per heavy atom. The highest BCUT2D eigenvalue weighted by Crippen LogP contribution is 2.35. The molecule has 3 aromatic rings. The number of carbonyl (C=O) groups excluding carboxylic acids is 1. The molecular weight excluding hydrogens is 382 g/mol. The quantitative estimate of drug-likeness (QED) is 0.582. The van der Waals surface area contributed by atoms with E-state index in [1.54, 1.807) is 17.4 Å². The Morgan fingerprint density at radius 1 is 1.14 bits per heavy atom. The Balaban J connectivity index is 1.33. The van der Waals surface area contributed by atoms with Crippen molar-refractivity contribution in [3.63, 3.8) is 0 Å². The van der Waals surface area contributed by atoms with Crippen LogP contribution < -0.4 is 0 Å². The zero-order valence-electron chi connectivity index (χ0n) is 16.4. The van der Waals surface area contributed by atoms with Crippen LogP contribution in [0.5, 0.6) is 0 Å². The van der Waals surface area contributed by atoms with E-state index in [-0.39, 0.29) is 12.0 Å². The summed E-state index contributed by atoms with van der Waals surface area (Å²) in [5, 5.41) is 2.02. The fourth-order valence-corrected chi connectivity index (χ4v) is 5.06. The van der Waals surface area contributed by atoms with Crippen molar-refractivity contribution in [3.8, 4) is 0 Å². The zero-order valence-corrected chi connectivity index (χ0v) is 17.2. The van der Waals surface area contributed by atoms with Gasteiger partial charge in [0.05, 0.1) is 11.0 Å². The van der Waals surface area contributed by atoms with Crippen LogP contribution in [0, 0.1) is 0 Å². The minimum atomic E-state index is 0.0933. The first-order valence-corrected chi connectivity index (χ1v) is 11.3. The monoisotopic (exact) mass is 407 g/mol. The number of likely N-dealkylation sites (tertiary alicyclic amines) is 1. The average molecular weight is 408 g/mol. The Labute approximate surface area is 174 Å². The third-order valence-corrected chi connectivity index (χ3v) is 6.75. The number of imidazole rings is 1. The number of amides is 1. The summed E-state index contributed by atoms with van der Waals surface area (Å²) in [6, 6.07) is 12.7. The highest BCUT2D eigenvalue weighted by atomic mass is 32.1. The molecule has 5 rings (SSSR count). The van der Waals surface area contributed by atoms with Crippen LogP contribution in [-0.2, 0) is 9.53 Å². The Bertz CT molecular complexity index is 1010. The SMILES string of the molecule is O=C(C=Cc1cccs1)N1CCC(n2c(C3CCCO3)nc3ccccc32)CC1. The van der Waals surface area contributed by atoms with Crippen LogP contribution >= 0.6 is 11.3 Å². The molecule has 0 N–H and O–H groups in total. The molecule has 1 atom stereocenters. The molecule has 0 bridgehead atoms. The predicted molar refractivity (Wildman–Crippen MR) is 116 cm³/mol. The van der Waals surface area contributed by atoms with Gasteiger partial charge < -0.3 is 14.2 Å². The third-order valence-electron chi connectivity index (χ3n) is 5.92. The minimum Gasteiger partial charge on any atom is -0.370 e. The summed E-state index contributed by atoms with van der Waals surface area (Å²) in [7, 11) is 0. The van der Waals surface area contributed by atoms with Gasteiger partial charge in [0.1, 0.15) is 11.9 Å². The van der Waals surface area contributed by atoms with Crippen molar-refractivity contribution >= 4 is 34.4 Å². The summed E-state index contributed by atoms with van der Waals surface area (Å²) in [6.07, 6.45) is 7.73. The molecule has 0 saturated carbocycles. The number of para-hydroxylation sites is 2. The van der Waals surface area contributed by atoms with Crippen LogP contribution in [0.2, 0.25) is 0 Å². The van der Waals surface area contributed by atoms with E-state index in [2.05, 4.69) is 22.8 Å². The van der Waals surface area contributed by atoms with E-state index in [0.29, 0.717) is 6.04 Å². The van der Waals surface area contributed by atoms with Gasteiger partial charge in [-0.25, -0.2) is 4.98 Å². The lowest BCUT2D eigenvalue weighted by Gasteiger charge is -2.33. The maximum atomic E-state index is 12.6. The largest absolute Gasteiger partial charge is 0.370 e. The van der Waals surface area contributed by atoms with Gasteiger partial charge in [-0.2, -0.15) is 0 Å². The summed E-state index contributed by atoms with van der Waals surface area (Å²) >= 11 is 1.65. The van der Waals surface area contributed by atoms with Crippen LogP contribution in [0.25, 0.3) is 17.1 Å². The molecule has 1 aromatic carbocycles. The summed E-state index contributed by atoms with van der Waals surface area (Å²) in [6.45, 7) is 2.36. The zero-order chi connectivity index (χ0) is 19.6. The van der Waals surface area contributed by atoms with Crippen molar-refractivity contribution in [2.24, 2.45) is 0 Å². The number of aromatic nitrogens is 2. The first-order valence-electron chi connectivity index (χ1n) is 10.4. The molecule has 2 aromatic heterocycles. The fraction of sp³-hybridized carbons (Fsp3) is 0.391. The van der Waals surface area contributed by atoms with Crippen LogP contribution in [-0.4, -0.2) is 40.1 Å². The molecule has 0 radical (unpaired) electrons. The number of piperidine rings is 1. The molecule has 2 aliphatic heterocycles. The first kappa shape index (κ1) is 18.6. The number of ether oxygens (including phenoxy) is 1. The van der Waals surface area contributed by atoms with Crippen molar-refractivity contribution in [2.75, 3.05) is 19.7 Å². The lowest BCUT2D eigenvalue weighted by molar-refractivity contribution is -0.127. The van der Waals surface area contributed by atoms with E-state index in [1.165, 1.54) is 5.52 Å². The molecule has 6 heteroatoms. The van der Waals surface area contributed by atoms with E-state index in [4.69, 9.17) is 9.72 Å². The van der Waals surface area contributed by atoms with Crippen LogP contribution in [0.3, 0.4) is 0 Å². The van der Waals surface area contributed by atoms with Crippen LogP contribution in [0.4, 0.5) is 0 Å². The minimum absolute atomic E-state index is 0.0933. The third kappa shape index (κ3) is 3.74. The summed E-state index contributed by atoms with van der Waals surface area (Å²) in [5.41, 5.74) is 2.22. The van der Waals surface area contributed by atoms with Gasteiger partial charge in [-0.1, -0.05) is 18.2 Å². The number of hydrogen-bond donors (Lipinski definition) is 0. The highest BCUT2D eigenvalue weighted by molar-refractivity contribution is 7.10. The van der Waals surface area contributed by atoms with E-state index in [0.717, 1.165) is 61.6 Å². The van der Waals surface area contributed by atoms with Gasteiger partial charge in [0.2, 0.25) is 5.91 Å². The van der Waals surface area contributed by atoms with E-state index in [1.807, 2.05) is 34.6 Å². The topological polar surface area (TPSA) is 47.4 Å². The van der Waals surface area contributed by atoms with E-state index < -0.39 is 0 Å². The molecule has 150 valence electrons. The first-order chi connectivity index (χ1) is 14.3. The van der Waals surface area contributed by atoms with Gasteiger partial charge in [-0.3, -0.25) is 4.79 Å². The maximum Gasteiger partial charge on any atom is 0.246 e. The Hall–Kier alpha value is -2.44. The van der Waals surface area contributed by atoms with Gasteiger partial charge in [0, 0.05) is 36.7 Å². The molecule has 0 aliphatic carbocycles. The molecule has 1 amide bonds. The summed E-state index contributed by atoms with van der Waals surface area (Å²) in [5.74, 6) is 1.16. The number of carbonyl (C=O) groups is 1. The fourth-order valence-electron chi connectivity index (χ4n) is 4.44. The number of rotatable bonds is 4. The molecule has 0 spiro atoms. The molecule has 5 nitrogen and oxygen atoms in total. The standard InChI is InChI=1S/C23H25N3O2S/c27-22(10-9-18-5-4-16-29-18)25-13-11-17(12-14-25)26-20-7-2-1-6-19(20)24-23(26)21-8-3-15-28-21/h1-2,4-7,9-10,16-17,21H,3,8,11-15H2. The normalized spacial score (nSPS) is 20.8. The average Bonchev–Trinajstić information content (AvgIpc) is 3.52. The predicted octanol–water partition coefficient (Wildman–Crippen LogP) is 4.83. The van der Waals surface area contributed by atoms with E-state index >= 15 is 0 Å². The van der Waals surface area contributed by atoms with E-state index in [9.17, 15) is 4.79 Å². The van der Waals surface area contributed by atoms with Crippen molar-refractivity contribution in [1.82, 2.24) is 14.5 Å². The van der Waals surface area contributed by atoms with Gasteiger partial charge in [0.25, 0.3) is 0 Å².